The summed E-state index contributed by atoms with van der Waals surface area (Å²) in [6, 6.07) is 13.7. The highest BCUT2D eigenvalue weighted by atomic mass is 35.5. The second kappa shape index (κ2) is 7.54. The molecule has 4 nitrogen and oxygen atoms in total. The van der Waals surface area contributed by atoms with Gasteiger partial charge in [-0.2, -0.15) is 0 Å². The molecule has 0 aromatic heterocycles. The smallest absolute Gasteiger partial charge is 0.264 e. The van der Waals surface area contributed by atoms with E-state index < -0.39 is 0 Å². The summed E-state index contributed by atoms with van der Waals surface area (Å²) in [7, 11) is 2.12. The molecule has 0 unspecified atom stereocenters. The molecular weight excluding hydrogens is 402 g/mol. The average molecular weight is 426 g/mol. The predicted octanol–water partition coefficient (Wildman–Crippen LogP) is 5.95. The summed E-state index contributed by atoms with van der Waals surface area (Å²) in [5, 5.41) is 4.06. The van der Waals surface area contributed by atoms with Gasteiger partial charge >= 0.3 is 0 Å². The standard InChI is InChI=1S/C23H24ClN3OS/c1-14-13-23(2,3)27(4)19-12-18(24)15(10-17(14)19)11-20-21(28)26-22(29-20)25-16-8-6-5-7-9-16/h5-12,14H,13H2,1-4H3,(H,25,26,28)/b20-11-/t14-/m1/s1. The zero-order valence-corrected chi connectivity index (χ0v) is 18.6. The Labute approximate surface area is 181 Å². The second-order valence-electron chi connectivity index (χ2n) is 8.23. The molecule has 2 heterocycles. The first-order valence-electron chi connectivity index (χ1n) is 9.66. The van der Waals surface area contributed by atoms with Crippen molar-refractivity contribution in [3.63, 3.8) is 0 Å². The minimum absolute atomic E-state index is 0.0831. The third-order valence-corrected chi connectivity index (χ3v) is 6.91. The molecule has 0 spiro atoms. The highest BCUT2D eigenvalue weighted by molar-refractivity contribution is 8.18. The van der Waals surface area contributed by atoms with E-state index >= 15 is 0 Å². The number of para-hydroxylation sites is 1. The molecule has 0 radical (unpaired) electrons. The lowest BCUT2D eigenvalue weighted by Crippen LogP contribution is -2.45. The van der Waals surface area contributed by atoms with Gasteiger partial charge in [0.2, 0.25) is 0 Å². The van der Waals surface area contributed by atoms with E-state index in [1.165, 1.54) is 17.3 Å². The fraction of sp³-hybridized carbons (Fsp3) is 0.304. The Morgan fingerprint density at radius 2 is 2.00 bits per heavy atom. The van der Waals surface area contributed by atoms with Crippen molar-refractivity contribution in [2.75, 3.05) is 11.9 Å². The number of anilines is 1. The quantitative estimate of drug-likeness (QED) is 0.604. The molecule has 29 heavy (non-hydrogen) atoms. The Morgan fingerprint density at radius 3 is 2.72 bits per heavy atom. The van der Waals surface area contributed by atoms with E-state index in [0.29, 0.717) is 21.0 Å². The topological polar surface area (TPSA) is 44.7 Å². The van der Waals surface area contributed by atoms with E-state index in [1.54, 1.807) is 0 Å². The molecule has 0 aliphatic carbocycles. The molecule has 2 aromatic carbocycles. The number of aliphatic imine (C=N–C) groups is 1. The number of rotatable bonds is 2. The molecule has 1 amide bonds. The van der Waals surface area contributed by atoms with Crippen molar-refractivity contribution >= 4 is 51.9 Å². The number of nitrogens with zero attached hydrogens (tertiary/aromatic N) is 2. The minimum atomic E-state index is -0.148. The number of fused-ring (bicyclic) bond motifs is 1. The summed E-state index contributed by atoms with van der Waals surface area (Å²) in [6.45, 7) is 6.76. The number of hydrogen-bond donors (Lipinski definition) is 1. The fourth-order valence-electron chi connectivity index (χ4n) is 3.96. The largest absolute Gasteiger partial charge is 0.369 e. The van der Waals surface area contributed by atoms with Crippen LogP contribution in [0.1, 0.15) is 44.2 Å². The molecule has 150 valence electrons. The molecule has 0 saturated carbocycles. The van der Waals surface area contributed by atoms with Crippen LogP contribution >= 0.6 is 23.4 Å². The molecule has 2 aliphatic heterocycles. The van der Waals surface area contributed by atoms with Gasteiger partial charge in [0.25, 0.3) is 5.91 Å². The molecule has 2 aromatic rings. The highest BCUT2D eigenvalue weighted by Gasteiger charge is 2.34. The number of thioether (sulfide) groups is 1. The molecule has 1 saturated heterocycles. The normalized spacial score (nSPS) is 23.4. The van der Waals surface area contributed by atoms with Crippen molar-refractivity contribution < 1.29 is 4.79 Å². The van der Waals surface area contributed by atoms with Crippen molar-refractivity contribution in [2.24, 2.45) is 4.99 Å². The molecule has 2 aliphatic rings. The number of halogens is 1. The van der Waals surface area contributed by atoms with Crippen LogP contribution < -0.4 is 10.2 Å². The van der Waals surface area contributed by atoms with Gasteiger partial charge in [-0.25, -0.2) is 4.99 Å². The Hall–Kier alpha value is -2.24. The van der Waals surface area contributed by atoms with Crippen LogP contribution in [0.15, 0.2) is 52.4 Å². The summed E-state index contributed by atoms with van der Waals surface area (Å²) >= 11 is 7.95. The summed E-state index contributed by atoms with van der Waals surface area (Å²) in [4.78, 5) is 19.8. The highest BCUT2D eigenvalue weighted by Crippen LogP contribution is 2.45. The zero-order valence-electron chi connectivity index (χ0n) is 17.0. The molecular formula is C23H24ClN3OS. The summed E-state index contributed by atoms with van der Waals surface area (Å²) in [6.07, 6.45) is 2.93. The average Bonchev–Trinajstić information content (AvgIpc) is 3.00. The monoisotopic (exact) mass is 425 g/mol. The molecule has 1 fully saturated rings. The number of amides is 1. The maximum atomic E-state index is 12.4. The first-order chi connectivity index (χ1) is 13.7. The second-order valence-corrected chi connectivity index (χ2v) is 9.66. The van der Waals surface area contributed by atoms with Crippen LogP contribution in [0.3, 0.4) is 0 Å². The van der Waals surface area contributed by atoms with Crippen molar-refractivity contribution in [3.8, 4) is 0 Å². The first-order valence-corrected chi connectivity index (χ1v) is 10.9. The molecule has 1 atom stereocenters. The number of nitrogens with one attached hydrogen (secondary N) is 1. The molecule has 6 heteroatoms. The van der Waals surface area contributed by atoms with Crippen LogP contribution in [-0.4, -0.2) is 23.7 Å². The van der Waals surface area contributed by atoms with Gasteiger partial charge in [0.15, 0.2) is 5.17 Å². The van der Waals surface area contributed by atoms with Gasteiger partial charge in [-0.3, -0.25) is 4.79 Å². The maximum absolute atomic E-state index is 12.4. The van der Waals surface area contributed by atoms with Crippen molar-refractivity contribution in [1.82, 2.24) is 5.32 Å². The van der Waals surface area contributed by atoms with E-state index in [2.05, 4.69) is 49.1 Å². The lowest BCUT2D eigenvalue weighted by atomic mass is 9.80. The Bertz CT molecular complexity index is 1030. The van der Waals surface area contributed by atoms with Gasteiger partial charge in [-0.15, -0.1) is 0 Å². The van der Waals surface area contributed by atoms with Crippen LogP contribution in [0.2, 0.25) is 5.02 Å². The number of carbonyl (C=O) groups excluding carboxylic acids is 1. The van der Waals surface area contributed by atoms with Crippen LogP contribution in [0.4, 0.5) is 11.4 Å². The van der Waals surface area contributed by atoms with Crippen LogP contribution in [0, 0.1) is 0 Å². The fourth-order valence-corrected chi connectivity index (χ4v) is 5.00. The number of hydrogen-bond acceptors (Lipinski definition) is 4. The maximum Gasteiger partial charge on any atom is 0.264 e. The summed E-state index contributed by atoms with van der Waals surface area (Å²) in [5.41, 5.74) is 4.19. The first kappa shape index (κ1) is 20.0. The van der Waals surface area contributed by atoms with Crippen LogP contribution in [-0.2, 0) is 4.79 Å². The van der Waals surface area contributed by atoms with Crippen molar-refractivity contribution in [1.29, 1.82) is 0 Å². The Kier molecular flexibility index (Phi) is 5.21. The van der Waals surface area contributed by atoms with Crippen molar-refractivity contribution in [3.05, 3.63) is 63.5 Å². The van der Waals surface area contributed by atoms with E-state index in [4.69, 9.17) is 11.6 Å². The van der Waals surface area contributed by atoms with Crippen molar-refractivity contribution in [2.45, 2.75) is 38.6 Å². The van der Waals surface area contributed by atoms with Crippen LogP contribution in [0.25, 0.3) is 6.08 Å². The predicted molar refractivity (Wildman–Crippen MR) is 124 cm³/mol. The van der Waals surface area contributed by atoms with Gasteiger partial charge in [-0.05, 0) is 79.4 Å². The molecule has 4 rings (SSSR count). The molecule has 1 N–H and O–H groups in total. The lowest BCUT2D eigenvalue weighted by Gasteiger charge is -2.45. The van der Waals surface area contributed by atoms with E-state index in [1.807, 2.05) is 42.5 Å². The van der Waals surface area contributed by atoms with E-state index in [9.17, 15) is 4.79 Å². The third-order valence-electron chi connectivity index (χ3n) is 5.68. The summed E-state index contributed by atoms with van der Waals surface area (Å²) in [5.74, 6) is 0.274. The van der Waals surface area contributed by atoms with E-state index in [-0.39, 0.29) is 11.4 Å². The third kappa shape index (κ3) is 3.94. The van der Waals surface area contributed by atoms with E-state index in [0.717, 1.165) is 23.4 Å². The Balaban J connectivity index is 1.66. The number of benzene rings is 2. The van der Waals surface area contributed by atoms with Crippen LogP contribution in [0.5, 0.6) is 0 Å². The lowest BCUT2D eigenvalue weighted by molar-refractivity contribution is -0.115. The summed E-state index contributed by atoms with van der Waals surface area (Å²) < 4.78 is 0. The number of amidine groups is 1. The van der Waals surface area contributed by atoms with Gasteiger partial charge in [0, 0.05) is 23.3 Å². The number of carbonyl (C=O) groups is 1. The molecule has 0 bridgehead atoms. The van der Waals surface area contributed by atoms with Gasteiger partial charge in [-0.1, -0.05) is 36.7 Å². The van der Waals surface area contributed by atoms with Gasteiger partial charge < -0.3 is 10.2 Å². The van der Waals surface area contributed by atoms with Gasteiger partial charge in [0.1, 0.15) is 0 Å². The van der Waals surface area contributed by atoms with Gasteiger partial charge in [0.05, 0.1) is 10.6 Å². The zero-order chi connectivity index (χ0) is 20.8. The SMILES string of the molecule is C[C@@H]1CC(C)(C)N(C)c2cc(Cl)c(/C=C3\SC(=Nc4ccccc4)NC3=O)cc21. The minimum Gasteiger partial charge on any atom is -0.369 e. The Morgan fingerprint density at radius 1 is 1.28 bits per heavy atom.